The van der Waals surface area contributed by atoms with Crippen molar-refractivity contribution in [3.05, 3.63) is 58.7 Å². The molecule has 0 unspecified atom stereocenters. The molecular weight excluding hydrogens is 254 g/mol. The third kappa shape index (κ3) is 2.33. The summed E-state index contributed by atoms with van der Waals surface area (Å²) >= 11 is 0. The zero-order valence-electron chi connectivity index (χ0n) is 11.1. The Morgan fingerprint density at radius 2 is 2.20 bits per heavy atom. The van der Waals surface area contributed by atoms with Gasteiger partial charge in [0.15, 0.2) is 0 Å². The van der Waals surface area contributed by atoms with Crippen LogP contribution in [0, 0.1) is 0 Å². The van der Waals surface area contributed by atoms with Gasteiger partial charge in [0.2, 0.25) is 0 Å². The van der Waals surface area contributed by atoms with Gasteiger partial charge in [-0.2, -0.15) is 0 Å². The lowest BCUT2D eigenvalue weighted by atomic mass is 10.2. The van der Waals surface area contributed by atoms with Crippen LogP contribution in [-0.2, 0) is 13.1 Å². The van der Waals surface area contributed by atoms with E-state index >= 15 is 0 Å². The number of nitrogens with zero attached hydrogens (tertiary/aromatic N) is 3. The molecule has 0 spiro atoms. The molecular formula is C14H15N5O. The van der Waals surface area contributed by atoms with Crippen molar-refractivity contribution in [2.75, 3.05) is 7.05 Å². The van der Waals surface area contributed by atoms with E-state index in [1.807, 2.05) is 36.0 Å². The van der Waals surface area contributed by atoms with Crippen LogP contribution in [0.25, 0.3) is 10.9 Å². The fraction of sp³-hybridized carbons (Fsp3) is 0.214. The van der Waals surface area contributed by atoms with Gasteiger partial charge in [-0.25, -0.2) is 9.97 Å². The number of aromatic nitrogens is 4. The highest BCUT2D eigenvalue weighted by molar-refractivity contribution is 5.77. The van der Waals surface area contributed by atoms with Gasteiger partial charge in [-0.3, -0.25) is 4.79 Å². The molecule has 0 saturated heterocycles. The van der Waals surface area contributed by atoms with Crippen molar-refractivity contribution in [2.24, 2.45) is 0 Å². The first kappa shape index (κ1) is 12.6. The number of fused-ring (bicyclic) bond motifs is 1. The summed E-state index contributed by atoms with van der Waals surface area (Å²) in [5, 5.41) is 3.67. The van der Waals surface area contributed by atoms with Crippen LogP contribution in [0.15, 0.2) is 41.5 Å². The second kappa shape index (κ2) is 5.26. The fourth-order valence-corrected chi connectivity index (χ4v) is 2.18. The molecule has 6 heteroatoms. The van der Waals surface area contributed by atoms with E-state index < -0.39 is 0 Å². The average molecular weight is 269 g/mol. The van der Waals surface area contributed by atoms with E-state index in [1.165, 1.54) is 0 Å². The van der Waals surface area contributed by atoms with Crippen LogP contribution in [0.4, 0.5) is 0 Å². The van der Waals surface area contributed by atoms with E-state index in [9.17, 15) is 4.79 Å². The number of H-pyrrole nitrogens is 1. The number of hydrogen-bond acceptors (Lipinski definition) is 4. The van der Waals surface area contributed by atoms with Crippen molar-refractivity contribution in [3.8, 4) is 0 Å². The van der Waals surface area contributed by atoms with Crippen LogP contribution in [0.3, 0.4) is 0 Å². The summed E-state index contributed by atoms with van der Waals surface area (Å²) in [6.07, 6.45) is 3.62. The zero-order valence-corrected chi connectivity index (χ0v) is 11.1. The average Bonchev–Trinajstić information content (AvgIpc) is 2.87. The molecule has 2 aromatic heterocycles. The Balaban J connectivity index is 1.98. The molecule has 2 N–H and O–H groups in total. The Labute approximate surface area is 115 Å². The molecule has 6 nitrogen and oxygen atoms in total. The van der Waals surface area contributed by atoms with Gasteiger partial charge in [0.05, 0.1) is 24.0 Å². The lowest BCUT2D eigenvalue weighted by Gasteiger charge is -2.07. The van der Waals surface area contributed by atoms with Gasteiger partial charge in [-0.1, -0.05) is 12.1 Å². The highest BCUT2D eigenvalue weighted by atomic mass is 16.1. The Kier molecular flexibility index (Phi) is 3.30. The van der Waals surface area contributed by atoms with Crippen molar-refractivity contribution in [2.45, 2.75) is 13.1 Å². The summed E-state index contributed by atoms with van der Waals surface area (Å²) < 4.78 is 1.96. The number of imidazole rings is 1. The summed E-state index contributed by atoms with van der Waals surface area (Å²) in [6.45, 7) is 1.17. The van der Waals surface area contributed by atoms with E-state index in [-0.39, 0.29) is 5.56 Å². The van der Waals surface area contributed by atoms with Crippen LogP contribution in [0.5, 0.6) is 0 Å². The normalized spacial score (nSPS) is 11.1. The lowest BCUT2D eigenvalue weighted by molar-refractivity contribution is 0.654. The van der Waals surface area contributed by atoms with Gasteiger partial charge in [0, 0.05) is 12.4 Å². The van der Waals surface area contributed by atoms with Crippen molar-refractivity contribution >= 4 is 10.9 Å². The molecule has 20 heavy (non-hydrogen) atoms. The molecule has 0 amide bonds. The maximum absolute atomic E-state index is 12.0. The largest absolute Gasteiger partial charge is 0.326 e. The number of rotatable bonds is 4. The van der Waals surface area contributed by atoms with Gasteiger partial charge in [0.25, 0.3) is 5.56 Å². The molecule has 0 fully saturated rings. The van der Waals surface area contributed by atoms with Crippen molar-refractivity contribution in [3.63, 3.8) is 0 Å². The zero-order chi connectivity index (χ0) is 13.9. The minimum atomic E-state index is -0.110. The molecule has 2 heterocycles. The maximum atomic E-state index is 12.0. The maximum Gasteiger partial charge on any atom is 0.258 e. The second-order valence-corrected chi connectivity index (χ2v) is 4.53. The Morgan fingerprint density at radius 1 is 1.35 bits per heavy atom. The summed E-state index contributed by atoms with van der Waals surface area (Å²) in [5.74, 6) is 1.53. The molecule has 0 saturated carbocycles. The highest BCUT2D eigenvalue weighted by Crippen LogP contribution is 2.07. The number of benzene rings is 1. The predicted octanol–water partition coefficient (Wildman–Crippen LogP) is 0.887. The van der Waals surface area contributed by atoms with E-state index in [4.69, 9.17) is 0 Å². The number of nitrogens with one attached hydrogen (secondary N) is 2. The number of para-hydroxylation sites is 1. The van der Waals surface area contributed by atoms with E-state index in [0.717, 1.165) is 5.82 Å². The van der Waals surface area contributed by atoms with Crippen LogP contribution >= 0.6 is 0 Å². The molecule has 3 rings (SSSR count). The first-order valence-electron chi connectivity index (χ1n) is 6.40. The van der Waals surface area contributed by atoms with E-state index in [2.05, 4.69) is 20.3 Å². The van der Waals surface area contributed by atoms with Gasteiger partial charge >= 0.3 is 0 Å². The SMILES string of the molecule is CNCc1nccn1Cc1nc2ccccc2c(=O)[nH]1. The molecule has 0 aliphatic heterocycles. The fourth-order valence-electron chi connectivity index (χ4n) is 2.18. The molecule has 3 aromatic rings. The lowest BCUT2D eigenvalue weighted by Crippen LogP contribution is -2.17. The summed E-state index contributed by atoms with van der Waals surface area (Å²) in [7, 11) is 1.87. The Morgan fingerprint density at radius 3 is 3.05 bits per heavy atom. The van der Waals surface area contributed by atoms with Crippen LogP contribution < -0.4 is 10.9 Å². The molecule has 0 aliphatic rings. The van der Waals surface area contributed by atoms with Crippen LogP contribution in [0.1, 0.15) is 11.6 Å². The van der Waals surface area contributed by atoms with Gasteiger partial charge < -0.3 is 14.9 Å². The van der Waals surface area contributed by atoms with Crippen LogP contribution in [0.2, 0.25) is 0 Å². The van der Waals surface area contributed by atoms with Gasteiger partial charge in [0.1, 0.15) is 11.6 Å². The third-order valence-corrected chi connectivity index (χ3v) is 3.12. The van der Waals surface area contributed by atoms with Crippen molar-refractivity contribution in [1.82, 2.24) is 24.8 Å². The summed E-state index contributed by atoms with van der Waals surface area (Å²) in [5.41, 5.74) is 0.599. The van der Waals surface area contributed by atoms with Crippen LogP contribution in [-0.4, -0.2) is 26.6 Å². The molecule has 0 atom stereocenters. The van der Waals surface area contributed by atoms with E-state index in [1.54, 1.807) is 12.3 Å². The number of hydrogen-bond donors (Lipinski definition) is 2. The minimum absolute atomic E-state index is 0.110. The van der Waals surface area contributed by atoms with Crippen molar-refractivity contribution in [1.29, 1.82) is 0 Å². The summed E-state index contributed by atoms with van der Waals surface area (Å²) in [6, 6.07) is 7.33. The second-order valence-electron chi connectivity index (χ2n) is 4.53. The molecule has 1 aromatic carbocycles. The molecule has 0 radical (unpaired) electrons. The topological polar surface area (TPSA) is 75.6 Å². The monoisotopic (exact) mass is 269 g/mol. The first-order valence-corrected chi connectivity index (χ1v) is 6.40. The standard InChI is InChI=1S/C14H15N5O/c1-15-8-13-16-6-7-19(13)9-12-17-11-5-3-2-4-10(11)14(20)18-12/h2-7,15H,8-9H2,1H3,(H,17,18,20). The highest BCUT2D eigenvalue weighted by Gasteiger charge is 2.06. The van der Waals surface area contributed by atoms with E-state index in [0.29, 0.717) is 29.8 Å². The smallest absolute Gasteiger partial charge is 0.258 e. The Hall–Kier alpha value is -2.47. The third-order valence-electron chi connectivity index (χ3n) is 3.12. The Bertz CT molecular complexity index is 789. The molecule has 102 valence electrons. The summed E-state index contributed by atoms with van der Waals surface area (Å²) in [4.78, 5) is 23.6. The first-order chi connectivity index (χ1) is 9.78. The predicted molar refractivity (Wildman–Crippen MR) is 76.5 cm³/mol. The molecule has 0 aliphatic carbocycles. The minimum Gasteiger partial charge on any atom is -0.326 e. The van der Waals surface area contributed by atoms with Crippen molar-refractivity contribution < 1.29 is 0 Å². The van der Waals surface area contributed by atoms with Gasteiger partial charge in [-0.15, -0.1) is 0 Å². The molecule has 0 bridgehead atoms. The quantitative estimate of drug-likeness (QED) is 0.737. The van der Waals surface area contributed by atoms with Gasteiger partial charge in [-0.05, 0) is 19.2 Å². The number of aromatic amines is 1.